The van der Waals surface area contributed by atoms with Crippen molar-refractivity contribution in [1.82, 2.24) is 14.8 Å². The molecule has 7 nitrogen and oxygen atoms in total. The summed E-state index contributed by atoms with van der Waals surface area (Å²) in [5, 5.41) is 9.36. The van der Waals surface area contributed by atoms with Gasteiger partial charge in [0, 0.05) is 23.4 Å². The van der Waals surface area contributed by atoms with Crippen molar-refractivity contribution in [3.8, 4) is 28.6 Å². The number of carbonyl (C=O) groups is 1. The lowest BCUT2D eigenvalue weighted by molar-refractivity contribution is -0.117. The van der Waals surface area contributed by atoms with Gasteiger partial charge in [0.15, 0.2) is 11.0 Å². The molecule has 140 valence electrons. The number of nitrogens with zero attached hydrogens (tertiary/aromatic N) is 3. The van der Waals surface area contributed by atoms with Crippen molar-refractivity contribution >= 4 is 17.7 Å². The standard InChI is InChI=1S/C19H20N4O3S/c1-25-15-7-3-13(4-8-15)18-21-22-19(27-12-11-17(20)24)23(18)14-5-9-16(26-2)10-6-14/h3-10H,11-12H2,1-2H3,(H2,20,24). The van der Waals surface area contributed by atoms with Crippen LogP contribution >= 0.6 is 11.8 Å². The molecular formula is C19H20N4O3S. The van der Waals surface area contributed by atoms with Crippen molar-refractivity contribution in [3.63, 3.8) is 0 Å². The average molecular weight is 384 g/mol. The van der Waals surface area contributed by atoms with Crippen molar-refractivity contribution in [2.75, 3.05) is 20.0 Å². The molecule has 0 atom stereocenters. The van der Waals surface area contributed by atoms with E-state index in [9.17, 15) is 4.79 Å². The molecule has 0 spiro atoms. The zero-order valence-corrected chi connectivity index (χ0v) is 15.9. The predicted molar refractivity (Wildman–Crippen MR) is 104 cm³/mol. The maximum absolute atomic E-state index is 11.0. The Morgan fingerprint density at radius 3 is 2.15 bits per heavy atom. The highest BCUT2D eigenvalue weighted by Gasteiger charge is 2.16. The summed E-state index contributed by atoms with van der Waals surface area (Å²) in [6.07, 6.45) is 0.276. The second-order valence-electron chi connectivity index (χ2n) is 5.63. The second-order valence-corrected chi connectivity index (χ2v) is 6.69. The lowest BCUT2D eigenvalue weighted by atomic mass is 10.2. The van der Waals surface area contributed by atoms with Crippen molar-refractivity contribution in [2.45, 2.75) is 11.6 Å². The highest BCUT2D eigenvalue weighted by molar-refractivity contribution is 7.99. The minimum Gasteiger partial charge on any atom is -0.497 e. The van der Waals surface area contributed by atoms with Crippen LogP contribution in [0, 0.1) is 0 Å². The molecule has 2 N–H and O–H groups in total. The van der Waals surface area contributed by atoms with E-state index in [1.807, 2.05) is 53.1 Å². The van der Waals surface area contributed by atoms with Crippen LogP contribution in [0.3, 0.4) is 0 Å². The van der Waals surface area contributed by atoms with Gasteiger partial charge in [0.1, 0.15) is 11.5 Å². The van der Waals surface area contributed by atoms with Crippen LogP contribution in [-0.4, -0.2) is 40.6 Å². The molecule has 0 aliphatic carbocycles. The Hall–Kier alpha value is -3.00. The van der Waals surface area contributed by atoms with Crippen molar-refractivity contribution in [3.05, 3.63) is 48.5 Å². The maximum Gasteiger partial charge on any atom is 0.218 e. The number of aromatic nitrogens is 3. The molecule has 0 aliphatic heterocycles. The molecule has 1 heterocycles. The number of hydrogen-bond donors (Lipinski definition) is 1. The predicted octanol–water partition coefficient (Wildman–Crippen LogP) is 2.92. The van der Waals surface area contributed by atoms with Crippen molar-refractivity contribution < 1.29 is 14.3 Å². The summed E-state index contributed by atoms with van der Waals surface area (Å²) in [5.74, 6) is 2.43. The lowest BCUT2D eigenvalue weighted by Gasteiger charge is -2.11. The average Bonchev–Trinajstić information content (AvgIpc) is 3.11. The fraction of sp³-hybridized carbons (Fsp3) is 0.211. The van der Waals surface area contributed by atoms with Crippen LogP contribution in [0.25, 0.3) is 17.1 Å². The van der Waals surface area contributed by atoms with E-state index < -0.39 is 0 Å². The zero-order valence-electron chi connectivity index (χ0n) is 15.1. The zero-order chi connectivity index (χ0) is 19.2. The second kappa shape index (κ2) is 8.59. The lowest BCUT2D eigenvalue weighted by Crippen LogP contribution is -2.11. The molecule has 0 radical (unpaired) electrons. The largest absolute Gasteiger partial charge is 0.497 e. The number of thioether (sulfide) groups is 1. The van der Waals surface area contributed by atoms with Gasteiger partial charge in [0.2, 0.25) is 5.91 Å². The minimum atomic E-state index is -0.339. The van der Waals surface area contributed by atoms with Crippen LogP contribution < -0.4 is 15.2 Å². The Bertz CT molecular complexity index is 908. The van der Waals surface area contributed by atoms with Gasteiger partial charge in [0.25, 0.3) is 0 Å². The number of hydrogen-bond acceptors (Lipinski definition) is 6. The van der Waals surface area contributed by atoms with Crippen LogP contribution in [0.5, 0.6) is 11.5 Å². The molecule has 3 aromatic rings. The summed E-state index contributed by atoms with van der Waals surface area (Å²) >= 11 is 1.44. The van der Waals surface area contributed by atoms with E-state index in [0.717, 1.165) is 22.7 Å². The molecule has 1 aromatic heterocycles. The quantitative estimate of drug-likeness (QED) is 0.600. The number of benzene rings is 2. The number of nitrogens with two attached hydrogens (primary N) is 1. The molecular weight excluding hydrogens is 364 g/mol. The molecule has 1 amide bonds. The highest BCUT2D eigenvalue weighted by atomic mass is 32.2. The van der Waals surface area contributed by atoms with E-state index in [-0.39, 0.29) is 12.3 Å². The molecule has 0 unspecified atom stereocenters. The molecule has 0 saturated carbocycles. The smallest absolute Gasteiger partial charge is 0.218 e. The van der Waals surface area contributed by atoms with Gasteiger partial charge in [-0.05, 0) is 48.5 Å². The van der Waals surface area contributed by atoms with Gasteiger partial charge in [0.05, 0.1) is 14.2 Å². The monoisotopic (exact) mass is 384 g/mol. The molecule has 2 aromatic carbocycles. The van der Waals surface area contributed by atoms with Crippen LogP contribution in [0.4, 0.5) is 0 Å². The Morgan fingerprint density at radius 2 is 1.59 bits per heavy atom. The fourth-order valence-electron chi connectivity index (χ4n) is 2.50. The third-order valence-electron chi connectivity index (χ3n) is 3.89. The summed E-state index contributed by atoms with van der Waals surface area (Å²) in [6, 6.07) is 15.3. The Labute approximate surface area is 161 Å². The Kier molecular flexibility index (Phi) is 5.97. The number of amides is 1. The molecule has 0 aliphatic rings. The number of ether oxygens (including phenoxy) is 2. The third-order valence-corrected chi connectivity index (χ3v) is 4.82. The molecule has 0 saturated heterocycles. The first kappa shape index (κ1) is 18.8. The van der Waals surface area contributed by atoms with E-state index in [1.165, 1.54) is 11.8 Å². The molecule has 8 heteroatoms. The van der Waals surface area contributed by atoms with Crippen molar-refractivity contribution in [2.24, 2.45) is 5.73 Å². The summed E-state index contributed by atoms with van der Waals surface area (Å²) < 4.78 is 12.4. The first-order chi connectivity index (χ1) is 13.1. The van der Waals surface area contributed by atoms with E-state index in [4.69, 9.17) is 15.2 Å². The Morgan fingerprint density at radius 1 is 1.00 bits per heavy atom. The van der Waals surface area contributed by atoms with Gasteiger partial charge in [-0.3, -0.25) is 9.36 Å². The molecule has 0 fully saturated rings. The number of primary amides is 1. The molecule has 27 heavy (non-hydrogen) atoms. The first-order valence-corrected chi connectivity index (χ1v) is 9.26. The summed E-state index contributed by atoms with van der Waals surface area (Å²) in [5.41, 5.74) is 7.04. The van der Waals surface area contributed by atoms with Gasteiger partial charge in [-0.15, -0.1) is 10.2 Å². The maximum atomic E-state index is 11.0. The van der Waals surface area contributed by atoms with Gasteiger partial charge >= 0.3 is 0 Å². The molecule has 0 bridgehead atoms. The normalized spacial score (nSPS) is 10.6. The van der Waals surface area contributed by atoms with Crippen LogP contribution in [-0.2, 0) is 4.79 Å². The van der Waals surface area contributed by atoms with E-state index in [1.54, 1.807) is 14.2 Å². The number of carbonyl (C=O) groups excluding carboxylic acids is 1. The van der Waals surface area contributed by atoms with Crippen LogP contribution in [0.1, 0.15) is 6.42 Å². The van der Waals surface area contributed by atoms with E-state index in [0.29, 0.717) is 16.7 Å². The van der Waals surface area contributed by atoms with Gasteiger partial charge in [-0.1, -0.05) is 11.8 Å². The third kappa shape index (κ3) is 4.40. The summed E-state index contributed by atoms with van der Waals surface area (Å²) in [4.78, 5) is 11.0. The molecule has 3 rings (SSSR count). The fourth-order valence-corrected chi connectivity index (χ4v) is 3.40. The number of methoxy groups -OCH3 is 2. The number of rotatable bonds is 8. The van der Waals surface area contributed by atoms with E-state index >= 15 is 0 Å². The van der Waals surface area contributed by atoms with Gasteiger partial charge in [-0.2, -0.15) is 0 Å². The van der Waals surface area contributed by atoms with Crippen LogP contribution in [0.2, 0.25) is 0 Å². The van der Waals surface area contributed by atoms with Crippen molar-refractivity contribution in [1.29, 1.82) is 0 Å². The van der Waals surface area contributed by atoms with Crippen LogP contribution in [0.15, 0.2) is 53.7 Å². The van der Waals surface area contributed by atoms with E-state index in [2.05, 4.69) is 10.2 Å². The first-order valence-electron chi connectivity index (χ1n) is 8.27. The SMILES string of the molecule is COc1ccc(-c2nnc(SCCC(N)=O)n2-c2ccc(OC)cc2)cc1. The summed E-state index contributed by atoms with van der Waals surface area (Å²) in [7, 11) is 3.25. The van der Waals surface area contributed by atoms with Gasteiger partial charge < -0.3 is 15.2 Å². The topological polar surface area (TPSA) is 92.3 Å². The summed E-state index contributed by atoms with van der Waals surface area (Å²) in [6.45, 7) is 0. The highest BCUT2D eigenvalue weighted by Crippen LogP contribution is 2.30. The Balaban J connectivity index is 2.00. The minimum absolute atomic E-state index is 0.276. The van der Waals surface area contributed by atoms with Gasteiger partial charge in [-0.25, -0.2) is 0 Å².